The number of nitrogens with two attached hydrogens (primary N) is 1. The second-order valence-electron chi connectivity index (χ2n) is 7.46. The van der Waals surface area contributed by atoms with E-state index in [4.69, 9.17) is 5.73 Å². The molecule has 0 fully saturated rings. The molecule has 0 saturated carbocycles. The number of hydrogen-bond donors (Lipinski definition) is 2. The molecule has 3 aromatic rings. The maximum atomic E-state index is 13.1. The zero-order valence-electron chi connectivity index (χ0n) is 15.5. The van der Waals surface area contributed by atoms with Crippen molar-refractivity contribution in [3.8, 4) is 0 Å². The van der Waals surface area contributed by atoms with Crippen LogP contribution < -0.4 is 5.73 Å². The Morgan fingerprint density at radius 3 is 2.85 bits per heavy atom. The number of rotatable bonds is 3. The summed E-state index contributed by atoms with van der Waals surface area (Å²) in [7, 11) is 0. The Bertz CT molecular complexity index is 968. The first kappa shape index (κ1) is 16.7. The van der Waals surface area contributed by atoms with Crippen molar-refractivity contribution >= 4 is 22.6 Å². The number of H-pyrrole nitrogens is 1. The van der Waals surface area contributed by atoms with E-state index in [1.54, 1.807) is 10.7 Å². The standard InChI is InChI=1S/C20H25N5O/c1-12(2)20-19-15(14-6-4-5-7-16(14)22-19)8-9-24(20)18(26)11-25-17(21)10-13(3)23-25/h4-7,10,12,20,22H,8-9,11,21H2,1-3H3/t20-/m1/s1. The van der Waals surface area contributed by atoms with Gasteiger partial charge in [-0.3, -0.25) is 4.79 Å². The van der Waals surface area contributed by atoms with E-state index in [0.717, 1.165) is 24.2 Å². The predicted octanol–water partition coefficient (Wildman–Crippen LogP) is 3.04. The van der Waals surface area contributed by atoms with Crippen LogP contribution in [0.3, 0.4) is 0 Å². The minimum atomic E-state index is 0.0385. The number of carbonyl (C=O) groups is 1. The van der Waals surface area contributed by atoms with Crippen molar-refractivity contribution in [2.45, 2.75) is 39.8 Å². The summed E-state index contributed by atoms with van der Waals surface area (Å²) in [5.41, 5.74) is 10.5. The second-order valence-corrected chi connectivity index (χ2v) is 7.46. The molecule has 26 heavy (non-hydrogen) atoms. The zero-order chi connectivity index (χ0) is 18.4. The Labute approximate surface area is 153 Å². The van der Waals surface area contributed by atoms with Gasteiger partial charge in [-0.05, 0) is 30.9 Å². The first-order chi connectivity index (χ1) is 12.5. The Balaban J connectivity index is 1.68. The molecule has 6 nitrogen and oxygen atoms in total. The molecular formula is C20H25N5O. The molecule has 1 atom stereocenters. The van der Waals surface area contributed by atoms with Gasteiger partial charge < -0.3 is 15.6 Å². The number of nitrogen functional groups attached to an aromatic ring is 1. The third-order valence-corrected chi connectivity index (χ3v) is 5.25. The van der Waals surface area contributed by atoms with Gasteiger partial charge in [0.15, 0.2) is 0 Å². The monoisotopic (exact) mass is 351 g/mol. The van der Waals surface area contributed by atoms with E-state index in [2.05, 4.69) is 42.1 Å². The van der Waals surface area contributed by atoms with Crippen LogP contribution in [0.4, 0.5) is 5.82 Å². The minimum absolute atomic E-state index is 0.0385. The number of benzene rings is 1. The maximum Gasteiger partial charge on any atom is 0.244 e. The summed E-state index contributed by atoms with van der Waals surface area (Å²) in [6.45, 7) is 7.11. The van der Waals surface area contributed by atoms with Crippen LogP contribution in [0.2, 0.25) is 0 Å². The molecule has 1 aliphatic heterocycles. The lowest BCUT2D eigenvalue weighted by atomic mass is 9.90. The van der Waals surface area contributed by atoms with Gasteiger partial charge in [0.2, 0.25) is 5.91 Å². The van der Waals surface area contributed by atoms with Gasteiger partial charge in [-0.15, -0.1) is 0 Å². The quantitative estimate of drug-likeness (QED) is 0.761. The summed E-state index contributed by atoms with van der Waals surface area (Å²) < 4.78 is 1.59. The van der Waals surface area contributed by atoms with Crippen molar-refractivity contribution in [1.29, 1.82) is 0 Å². The van der Waals surface area contributed by atoms with E-state index in [1.807, 2.05) is 17.9 Å². The molecule has 3 heterocycles. The fourth-order valence-corrected chi connectivity index (χ4v) is 4.15. The highest BCUT2D eigenvalue weighted by Crippen LogP contribution is 2.38. The number of para-hydroxylation sites is 1. The van der Waals surface area contributed by atoms with E-state index >= 15 is 0 Å². The van der Waals surface area contributed by atoms with Gasteiger partial charge >= 0.3 is 0 Å². The molecule has 0 bridgehead atoms. The van der Waals surface area contributed by atoms with Gasteiger partial charge in [-0.2, -0.15) is 5.10 Å². The summed E-state index contributed by atoms with van der Waals surface area (Å²) in [4.78, 5) is 18.6. The summed E-state index contributed by atoms with van der Waals surface area (Å²) >= 11 is 0. The second kappa shape index (κ2) is 6.20. The van der Waals surface area contributed by atoms with E-state index in [9.17, 15) is 4.79 Å². The van der Waals surface area contributed by atoms with Gasteiger partial charge in [0.25, 0.3) is 0 Å². The number of nitrogens with one attached hydrogen (secondary N) is 1. The highest BCUT2D eigenvalue weighted by atomic mass is 16.2. The van der Waals surface area contributed by atoms with Crippen molar-refractivity contribution in [3.05, 3.63) is 47.3 Å². The Hall–Kier alpha value is -2.76. The van der Waals surface area contributed by atoms with Crippen LogP contribution in [0.15, 0.2) is 30.3 Å². The van der Waals surface area contributed by atoms with Gasteiger partial charge in [0.1, 0.15) is 12.4 Å². The smallest absolute Gasteiger partial charge is 0.244 e. The molecule has 4 rings (SSSR count). The normalized spacial score (nSPS) is 17.1. The first-order valence-corrected chi connectivity index (χ1v) is 9.14. The maximum absolute atomic E-state index is 13.1. The molecule has 0 saturated heterocycles. The van der Waals surface area contributed by atoms with Gasteiger partial charge in [0, 0.05) is 29.2 Å². The van der Waals surface area contributed by atoms with Crippen LogP contribution >= 0.6 is 0 Å². The summed E-state index contributed by atoms with van der Waals surface area (Å²) in [5.74, 6) is 0.894. The van der Waals surface area contributed by atoms with Crippen molar-refractivity contribution in [2.24, 2.45) is 5.92 Å². The lowest BCUT2D eigenvalue weighted by molar-refractivity contribution is -0.136. The molecule has 1 aromatic carbocycles. The molecule has 2 aromatic heterocycles. The number of aromatic nitrogens is 3. The van der Waals surface area contributed by atoms with Crippen LogP contribution in [0, 0.1) is 12.8 Å². The highest BCUT2D eigenvalue weighted by molar-refractivity contribution is 5.86. The first-order valence-electron chi connectivity index (χ1n) is 9.14. The van der Waals surface area contributed by atoms with E-state index in [-0.39, 0.29) is 18.5 Å². The molecule has 136 valence electrons. The number of fused-ring (bicyclic) bond motifs is 3. The average molecular weight is 351 g/mol. The fraction of sp³-hybridized carbons (Fsp3) is 0.400. The Morgan fingerprint density at radius 1 is 1.38 bits per heavy atom. The third-order valence-electron chi connectivity index (χ3n) is 5.25. The number of hydrogen-bond acceptors (Lipinski definition) is 3. The minimum Gasteiger partial charge on any atom is -0.384 e. The van der Waals surface area contributed by atoms with Crippen molar-refractivity contribution < 1.29 is 4.79 Å². The number of carbonyl (C=O) groups excluding carboxylic acids is 1. The highest BCUT2D eigenvalue weighted by Gasteiger charge is 2.35. The topological polar surface area (TPSA) is 79.9 Å². The SMILES string of the molecule is Cc1cc(N)n(CC(=O)N2CCc3c([nH]c4ccccc34)[C@H]2C(C)C)n1. The predicted molar refractivity (Wildman–Crippen MR) is 103 cm³/mol. The molecule has 0 unspecified atom stereocenters. The van der Waals surface area contributed by atoms with E-state index in [0.29, 0.717) is 11.7 Å². The fourth-order valence-electron chi connectivity index (χ4n) is 4.15. The molecule has 1 amide bonds. The number of aromatic amines is 1. The van der Waals surface area contributed by atoms with E-state index in [1.165, 1.54) is 16.6 Å². The van der Waals surface area contributed by atoms with Crippen LogP contribution in [0.5, 0.6) is 0 Å². The van der Waals surface area contributed by atoms with Crippen molar-refractivity contribution in [3.63, 3.8) is 0 Å². The lowest BCUT2D eigenvalue weighted by Crippen LogP contribution is -2.43. The summed E-state index contributed by atoms with van der Waals surface area (Å²) in [6.07, 6.45) is 0.863. The van der Waals surface area contributed by atoms with Crippen LogP contribution in [0.1, 0.15) is 36.8 Å². The molecule has 3 N–H and O–H groups in total. The molecule has 0 spiro atoms. The van der Waals surface area contributed by atoms with Crippen LogP contribution in [-0.4, -0.2) is 32.1 Å². The van der Waals surface area contributed by atoms with E-state index < -0.39 is 0 Å². The third kappa shape index (κ3) is 2.66. The van der Waals surface area contributed by atoms with Crippen LogP contribution in [0.25, 0.3) is 10.9 Å². The van der Waals surface area contributed by atoms with Gasteiger partial charge in [-0.25, -0.2) is 4.68 Å². The Morgan fingerprint density at radius 2 is 2.15 bits per heavy atom. The summed E-state index contributed by atoms with van der Waals surface area (Å²) in [5, 5.41) is 5.60. The molecule has 6 heteroatoms. The number of amides is 1. The summed E-state index contributed by atoms with van der Waals surface area (Å²) in [6, 6.07) is 10.2. The molecule has 0 radical (unpaired) electrons. The molecular weight excluding hydrogens is 326 g/mol. The van der Waals surface area contributed by atoms with Gasteiger partial charge in [0.05, 0.1) is 11.7 Å². The van der Waals surface area contributed by atoms with Crippen LogP contribution in [-0.2, 0) is 17.8 Å². The average Bonchev–Trinajstić information content (AvgIpc) is 3.12. The van der Waals surface area contributed by atoms with Crippen molar-refractivity contribution in [2.75, 3.05) is 12.3 Å². The largest absolute Gasteiger partial charge is 0.384 e. The number of nitrogens with zero attached hydrogens (tertiary/aromatic N) is 3. The van der Waals surface area contributed by atoms with Gasteiger partial charge in [-0.1, -0.05) is 32.0 Å². The van der Waals surface area contributed by atoms with Crippen molar-refractivity contribution in [1.82, 2.24) is 19.7 Å². The molecule has 0 aliphatic carbocycles. The Kier molecular flexibility index (Phi) is 3.98. The lowest BCUT2D eigenvalue weighted by Gasteiger charge is -2.38. The molecule has 1 aliphatic rings. The zero-order valence-corrected chi connectivity index (χ0v) is 15.5. The number of anilines is 1. The number of aryl methyl sites for hydroxylation is 1.